The molecule has 82 valence electrons. The number of hydrogen-bond donors (Lipinski definition) is 1. The van der Waals surface area contributed by atoms with E-state index in [1.807, 2.05) is 27.0 Å². The summed E-state index contributed by atoms with van der Waals surface area (Å²) in [5.74, 6) is 0.920. The van der Waals surface area contributed by atoms with E-state index in [0.29, 0.717) is 6.54 Å². The van der Waals surface area contributed by atoms with Crippen LogP contribution < -0.4 is 10.1 Å². The van der Waals surface area contributed by atoms with Gasteiger partial charge >= 0.3 is 0 Å². The largest absolute Gasteiger partial charge is 0.496 e. The summed E-state index contributed by atoms with van der Waals surface area (Å²) in [5.41, 5.74) is 4.09. The predicted molar refractivity (Wildman–Crippen MR) is 61.9 cm³/mol. The molecule has 3 nitrogen and oxygen atoms in total. The van der Waals surface area contributed by atoms with Gasteiger partial charge in [-0.1, -0.05) is 6.58 Å². The van der Waals surface area contributed by atoms with Gasteiger partial charge in [0.25, 0.3) is 0 Å². The monoisotopic (exact) mass is 206 g/mol. The summed E-state index contributed by atoms with van der Waals surface area (Å²) in [7, 11) is 1.69. The highest BCUT2D eigenvalue weighted by Crippen LogP contribution is 2.23. The second kappa shape index (κ2) is 4.82. The summed E-state index contributed by atoms with van der Waals surface area (Å²) in [6, 6.07) is 0. The van der Waals surface area contributed by atoms with E-state index < -0.39 is 0 Å². The van der Waals surface area contributed by atoms with Crippen LogP contribution in [0.4, 0.5) is 0 Å². The van der Waals surface area contributed by atoms with Gasteiger partial charge in [-0.3, -0.25) is 4.98 Å². The molecule has 0 bridgehead atoms. The summed E-state index contributed by atoms with van der Waals surface area (Å²) in [5, 5.41) is 3.16. The summed E-state index contributed by atoms with van der Waals surface area (Å²) >= 11 is 0. The minimum atomic E-state index is 0.692. The molecule has 0 aliphatic heterocycles. The molecule has 1 heterocycles. The van der Waals surface area contributed by atoms with Crippen molar-refractivity contribution in [3.8, 4) is 5.75 Å². The van der Waals surface area contributed by atoms with E-state index in [-0.39, 0.29) is 0 Å². The summed E-state index contributed by atoms with van der Waals surface area (Å²) in [4.78, 5) is 4.37. The Morgan fingerprint density at radius 1 is 1.53 bits per heavy atom. The smallest absolute Gasteiger partial charge is 0.128 e. The maximum absolute atomic E-state index is 5.33. The zero-order chi connectivity index (χ0) is 11.4. The number of rotatable bonds is 4. The molecule has 0 unspecified atom stereocenters. The first kappa shape index (κ1) is 11.6. The maximum Gasteiger partial charge on any atom is 0.128 e. The van der Waals surface area contributed by atoms with Crippen molar-refractivity contribution in [2.24, 2.45) is 0 Å². The molecule has 0 radical (unpaired) electrons. The van der Waals surface area contributed by atoms with Crippen LogP contribution in [-0.2, 0) is 6.54 Å². The second-order valence-electron chi connectivity index (χ2n) is 3.68. The van der Waals surface area contributed by atoms with Gasteiger partial charge in [0.15, 0.2) is 0 Å². The Morgan fingerprint density at radius 2 is 2.20 bits per heavy atom. The Kier molecular flexibility index (Phi) is 3.72. The van der Waals surface area contributed by atoms with Crippen LogP contribution in [0.5, 0.6) is 5.75 Å². The first-order chi connectivity index (χ1) is 7.06. The number of pyridine rings is 1. The molecular formula is C12H18N2O. The van der Waals surface area contributed by atoms with Crippen molar-refractivity contribution in [2.45, 2.75) is 27.3 Å². The fraction of sp³-hybridized carbons (Fsp3) is 0.417. The normalized spacial score (nSPS) is 9.87. The van der Waals surface area contributed by atoms with Crippen LogP contribution in [0.3, 0.4) is 0 Å². The number of nitrogens with zero attached hydrogens (tertiary/aromatic N) is 1. The third-order valence-corrected chi connectivity index (χ3v) is 2.31. The topological polar surface area (TPSA) is 34.2 Å². The molecule has 0 amide bonds. The summed E-state index contributed by atoms with van der Waals surface area (Å²) in [6.07, 6.45) is 1.83. The van der Waals surface area contributed by atoms with Crippen LogP contribution >= 0.6 is 0 Å². The Balaban J connectivity index is 2.94. The lowest BCUT2D eigenvalue weighted by Gasteiger charge is -2.13. The lowest BCUT2D eigenvalue weighted by molar-refractivity contribution is 0.406. The van der Waals surface area contributed by atoms with Crippen LogP contribution in [0.2, 0.25) is 0 Å². The molecule has 15 heavy (non-hydrogen) atoms. The van der Waals surface area contributed by atoms with Crippen molar-refractivity contribution in [1.29, 1.82) is 0 Å². The highest BCUT2D eigenvalue weighted by atomic mass is 16.5. The fourth-order valence-electron chi connectivity index (χ4n) is 1.48. The van der Waals surface area contributed by atoms with Gasteiger partial charge in [-0.15, -0.1) is 0 Å². The van der Waals surface area contributed by atoms with E-state index >= 15 is 0 Å². The first-order valence-electron chi connectivity index (χ1n) is 4.94. The number of aryl methyl sites for hydroxylation is 1. The Labute approximate surface area is 91.2 Å². The fourth-order valence-corrected chi connectivity index (χ4v) is 1.48. The molecule has 0 aliphatic rings. The van der Waals surface area contributed by atoms with E-state index in [4.69, 9.17) is 4.74 Å². The third kappa shape index (κ3) is 2.72. The number of ether oxygens (including phenoxy) is 1. The number of hydrogen-bond acceptors (Lipinski definition) is 3. The molecule has 0 saturated carbocycles. The molecule has 1 aromatic heterocycles. The number of aromatic nitrogens is 1. The van der Waals surface area contributed by atoms with E-state index in [9.17, 15) is 0 Å². The molecule has 0 spiro atoms. The zero-order valence-corrected chi connectivity index (χ0v) is 9.85. The summed E-state index contributed by atoms with van der Waals surface area (Å²) in [6.45, 7) is 10.4. The van der Waals surface area contributed by atoms with Crippen molar-refractivity contribution in [2.75, 3.05) is 7.11 Å². The van der Waals surface area contributed by atoms with Crippen molar-refractivity contribution < 1.29 is 4.74 Å². The van der Waals surface area contributed by atoms with Crippen LogP contribution in [0.15, 0.2) is 18.5 Å². The molecule has 1 N–H and O–H groups in total. The van der Waals surface area contributed by atoms with Crippen LogP contribution in [0.25, 0.3) is 0 Å². The van der Waals surface area contributed by atoms with Gasteiger partial charge in [0.2, 0.25) is 0 Å². The molecule has 1 rings (SSSR count). The standard InChI is InChI=1S/C12H18N2O/c1-8(2)13-7-11-10(4)12(15-5)9(3)6-14-11/h6,13H,1,7H2,2-5H3. The van der Waals surface area contributed by atoms with Gasteiger partial charge in [-0.2, -0.15) is 0 Å². The highest BCUT2D eigenvalue weighted by Gasteiger charge is 2.08. The van der Waals surface area contributed by atoms with Crippen LogP contribution in [0, 0.1) is 13.8 Å². The maximum atomic E-state index is 5.33. The molecular weight excluding hydrogens is 188 g/mol. The molecule has 0 atom stereocenters. The highest BCUT2D eigenvalue weighted by molar-refractivity contribution is 5.41. The number of methoxy groups -OCH3 is 1. The molecule has 0 aromatic carbocycles. The molecule has 0 aliphatic carbocycles. The predicted octanol–water partition coefficient (Wildman–Crippen LogP) is 2.33. The molecule has 3 heteroatoms. The van der Waals surface area contributed by atoms with Gasteiger partial charge in [0.1, 0.15) is 5.75 Å². The average molecular weight is 206 g/mol. The SMILES string of the molecule is C=C(C)NCc1ncc(C)c(OC)c1C. The van der Waals surface area contributed by atoms with Gasteiger partial charge in [0.05, 0.1) is 19.3 Å². The van der Waals surface area contributed by atoms with E-state index in [1.165, 1.54) is 0 Å². The van der Waals surface area contributed by atoms with Crippen LogP contribution in [-0.4, -0.2) is 12.1 Å². The van der Waals surface area contributed by atoms with Crippen LogP contribution in [0.1, 0.15) is 23.7 Å². The van der Waals surface area contributed by atoms with Gasteiger partial charge in [-0.25, -0.2) is 0 Å². The Morgan fingerprint density at radius 3 is 2.73 bits per heavy atom. The van der Waals surface area contributed by atoms with E-state index in [1.54, 1.807) is 7.11 Å². The minimum absolute atomic E-state index is 0.692. The van der Waals surface area contributed by atoms with E-state index in [0.717, 1.165) is 28.3 Å². The third-order valence-electron chi connectivity index (χ3n) is 2.31. The molecule has 0 fully saturated rings. The molecule has 0 saturated heterocycles. The zero-order valence-electron chi connectivity index (χ0n) is 9.85. The second-order valence-corrected chi connectivity index (χ2v) is 3.68. The average Bonchev–Trinajstić information content (AvgIpc) is 2.17. The minimum Gasteiger partial charge on any atom is -0.496 e. The quantitative estimate of drug-likeness (QED) is 0.821. The van der Waals surface area contributed by atoms with Gasteiger partial charge < -0.3 is 10.1 Å². The lowest BCUT2D eigenvalue weighted by Crippen LogP contribution is -2.12. The summed E-state index contributed by atoms with van der Waals surface area (Å²) < 4.78 is 5.33. The van der Waals surface area contributed by atoms with Crippen molar-refractivity contribution in [3.63, 3.8) is 0 Å². The van der Waals surface area contributed by atoms with Crippen molar-refractivity contribution in [3.05, 3.63) is 35.3 Å². The van der Waals surface area contributed by atoms with Gasteiger partial charge in [0, 0.05) is 23.0 Å². The van der Waals surface area contributed by atoms with Gasteiger partial charge in [-0.05, 0) is 20.8 Å². The van der Waals surface area contributed by atoms with Crippen molar-refractivity contribution >= 4 is 0 Å². The Hall–Kier alpha value is -1.51. The van der Waals surface area contributed by atoms with Crippen molar-refractivity contribution in [1.82, 2.24) is 10.3 Å². The van der Waals surface area contributed by atoms with E-state index in [2.05, 4.69) is 16.9 Å². The first-order valence-corrected chi connectivity index (χ1v) is 4.94. The molecule has 1 aromatic rings. The lowest BCUT2D eigenvalue weighted by atomic mass is 10.1. The Bertz CT molecular complexity index is 372. The number of nitrogens with one attached hydrogen (secondary N) is 1. The number of allylic oxidation sites excluding steroid dienone is 1.